The maximum atomic E-state index is 12.2. The SMILES string of the molecule is O=P1(N(CCCl)CCCl)NCCCO1.O=S(=O)([O-])CCS.[Na+]. The van der Waals surface area contributed by atoms with Crippen molar-refractivity contribution >= 4 is 53.6 Å². The largest absolute Gasteiger partial charge is 1.00 e. The third-order valence-electron chi connectivity index (χ3n) is 2.30. The molecule has 128 valence electrons. The second-order valence-corrected chi connectivity index (χ2v) is 8.84. The van der Waals surface area contributed by atoms with Crippen molar-refractivity contribution in [1.82, 2.24) is 9.76 Å². The van der Waals surface area contributed by atoms with Crippen LogP contribution in [0.15, 0.2) is 0 Å². The van der Waals surface area contributed by atoms with Crippen LogP contribution in [0.4, 0.5) is 0 Å². The molecule has 1 fully saturated rings. The molecule has 1 aliphatic rings. The summed E-state index contributed by atoms with van der Waals surface area (Å²) in [6, 6.07) is 0. The summed E-state index contributed by atoms with van der Waals surface area (Å²) in [6.07, 6.45) is 0.888. The van der Waals surface area contributed by atoms with Crippen LogP contribution in [0.2, 0.25) is 0 Å². The molecular formula is C9H20Cl2N2NaO5PS2. The van der Waals surface area contributed by atoms with Crippen LogP contribution in [0.25, 0.3) is 0 Å². The minimum absolute atomic E-state index is 0. The van der Waals surface area contributed by atoms with E-state index in [4.69, 9.17) is 27.7 Å². The molecule has 0 aliphatic carbocycles. The topological polar surface area (TPSA) is 98.8 Å². The van der Waals surface area contributed by atoms with Crippen molar-refractivity contribution in [2.24, 2.45) is 0 Å². The number of alkyl halides is 2. The first-order valence-corrected chi connectivity index (χ1v) is 11.1. The Morgan fingerprint density at radius 2 is 1.86 bits per heavy atom. The molecule has 0 aromatic heterocycles. The Kier molecular flexibility index (Phi) is 16.8. The molecule has 0 aromatic rings. The Bertz CT molecular complexity index is 416. The second kappa shape index (κ2) is 14.2. The maximum Gasteiger partial charge on any atom is 1.00 e. The summed E-state index contributed by atoms with van der Waals surface area (Å²) in [6.45, 7) is 2.31. The number of halogens is 2. The summed E-state index contributed by atoms with van der Waals surface area (Å²) in [7, 11) is -6.84. The van der Waals surface area contributed by atoms with Gasteiger partial charge in [-0.1, -0.05) is 0 Å². The molecular weight excluding hydrogens is 405 g/mol. The van der Waals surface area contributed by atoms with E-state index < -0.39 is 17.8 Å². The number of hydrogen-bond donors (Lipinski definition) is 2. The van der Waals surface area contributed by atoms with Gasteiger partial charge in [0.15, 0.2) is 0 Å². The minimum atomic E-state index is -4.00. The number of hydrogen-bond acceptors (Lipinski definition) is 6. The molecule has 1 atom stereocenters. The van der Waals surface area contributed by atoms with Gasteiger partial charge in [0.1, 0.15) is 0 Å². The zero-order valence-electron chi connectivity index (χ0n) is 12.4. The van der Waals surface area contributed by atoms with E-state index in [1.807, 2.05) is 0 Å². The van der Waals surface area contributed by atoms with Gasteiger partial charge in [-0.2, -0.15) is 12.6 Å². The van der Waals surface area contributed by atoms with Gasteiger partial charge >= 0.3 is 37.2 Å². The molecule has 0 spiro atoms. The molecule has 0 saturated carbocycles. The van der Waals surface area contributed by atoms with Gasteiger partial charge in [-0.3, -0.25) is 4.57 Å². The molecule has 22 heavy (non-hydrogen) atoms. The first-order chi connectivity index (χ1) is 9.79. The van der Waals surface area contributed by atoms with Gasteiger partial charge in [-0.25, -0.2) is 18.2 Å². The van der Waals surface area contributed by atoms with Gasteiger partial charge in [-0.15, -0.1) is 23.2 Å². The van der Waals surface area contributed by atoms with Gasteiger partial charge in [-0.05, 0) is 6.42 Å². The standard InChI is InChI=1S/C7H15Cl2N2O2P.C2H6O3S2.Na/c8-2-5-11(6-3-9)14(12)10-4-1-7-13-14;3-7(4,5)2-1-6;/h1-7H2,(H,10,12);6H,1-2H2,(H,3,4,5);/q;;+1/p-1. The average molecular weight is 425 g/mol. The molecule has 7 nitrogen and oxygen atoms in total. The van der Waals surface area contributed by atoms with Gasteiger partial charge in [0, 0.05) is 42.9 Å². The first kappa shape index (κ1) is 26.2. The van der Waals surface area contributed by atoms with Crippen LogP contribution in [0.1, 0.15) is 6.42 Å². The van der Waals surface area contributed by atoms with Gasteiger partial charge in [0.25, 0.3) is 0 Å². The molecule has 1 rings (SSSR count). The summed E-state index contributed by atoms with van der Waals surface area (Å²) in [5.74, 6) is 0.569. The third-order valence-corrected chi connectivity index (χ3v) is 6.17. The number of nitrogens with zero attached hydrogens (tertiary/aromatic N) is 1. The normalized spacial score (nSPS) is 21.7. The minimum Gasteiger partial charge on any atom is -0.748 e. The van der Waals surface area contributed by atoms with E-state index in [9.17, 15) is 17.5 Å². The molecule has 1 N–H and O–H groups in total. The van der Waals surface area contributed by atoms with E-state index in [2.05, 4.69) is 17.7 Å². The molecule has 13 heteroatoms. The van der Waals surface area contributed by atoms with Crippen LogP contribution in [0.5, 0.6) is 0 Å². The summed E-state index contributed by atoms with van der Waals surface area (Å²) < 4.78 is 48.1. The Labute approximate surface area is 169 Å². The summed E-state index contributed by atoms with van der Waals surface area (Å²) >= 11 is 14.8. The van der Waals surface area contributed by atoms with Crippen LogP contribution < -0.4 is 34.6 Å². The average Bonchev–Trinajstić information content (AvgIpc) is 2.39. The molecule has 1 aliphatic heterocycles. The first-order valence-electron chi connectivity index (χ1n) is 6.20. The number of rotatable bonds is 7. The predicted octanol–water partition coefficient (Wildman–Crippen LogP) is -1.65. The van der Waals surface area contributed by atoms with Crippen LogP contribution in [0, 0.1) is 0 Å². The fourth-order valence-electron chi connectivity index (χ4n) is 1.39. The zero-order valence-corrected chi connectivity index (χ0v) is 18.5. The van der Waals surface area contributed by atoms with E-state index in [0.717, 1.165) is 13.0 Å². The Morgan fingerprint density at radius 3 is 2.14 bits per heavy atom. The fourth-order valence-corrected chi connectivity index (χ4v) is 4.93. The zero-order chi connectivity index (χ0) is 16.4. The van der Waals surface area contributed by atoms with Crippen LogP contribution in [-0.2, 0) is 19.2 Å². The number of thiol groups is 1. The summed E-state index contributed by atoms with van der Waals surface area (Å²) in [5.41, 5.74) is 0. The van der Waals surface area contributed by atoms with Crippen molar-refractivity contribution in [3.63, 3.8) is 0 Å². The van der Waals surface area contributed by atoms with Gasteiger partial charge in [0.2, 0.25) is 0 Å². The van der Waals surface area contributed by atoms with E-state index >= 15 is 0 Å². The Balaban J connectivity index is 0. The molecule has 1 saturated heterocycles. The van der Waals surface area contributed by atoms with E-state index in [0.29, 0.717) is 31.5 Å². The Morgan fingerprint density at radius 1 is 1.32 bits per heavy atom. The molecule has 0 bridgehead atoms. The predicted molar refractivity (Wildman–Crippen MR) is 87.6 cm³/mol. The smallest absolute Gasteiger partial charge is 0.748 e. The molecule has 1 heterocycles. The van der Waals surface area contributed by atoms with Crippen molar-refractivity contribution < 1.29 is 51.6 Å². The molecule has 0 amide bonds. The van der Waals surface area contributed by atoms with Crippen molar-refractivity contribution in [1.29, 1.82) is 0 Å². The summed E-state index contributed by atoms with van der Waals surface area (Å²) in [4.78, 5) is 0. The van der Waals surface area contributed by atoms with Crippen LogP contribution >= 0.6 is 43.5 Å². The van der Waals surface area contributed by atoms with Crippen molar-refractivity contribution in [2.45, 2.75) is 6.42 Å². The monoisotopic (exact) mass is 424 g/mol. The summed E-state index contributed by atoms with van der Waals surface area (Å²) in [5, 5.41) is 2.91. The van der Waals surface area contributed by atoms with Crippen molar-refractivity contribution in [3.8, 4) is 0 Å². The van der Waals surface area contributed by atoms with E-state index in [1.165, 1.54) is 0 Å². The number of nitrogens with one attached hydrogen (secondary N) is 1. The Hall–Kier alpha value is 1.95. The van der Waals surface area contributed by atoms with Crippen LogP contribution in [0.3, 0.4) is 0 Å². The fraction of sp³-hybridized carbons (Fsp3) is 1.00. The quantitative estimate of drug-likeness (QED) is 0.166. The molecule has 0 radical (unpaired) electrons. The second-order valence-electron chi connectivity index (χ2n) is 3.93. The van der Waals surface area contributed by atoms with Gasteiger partial charge in [0.05, 0.1) is 16.7 Å². The third kappa shape index (κ3) is 12.3. The van der Waals surface area contributed by atoms with Crippen LogP contribution in [-0.4, -0.2) is 67.1 Å². The maximum absolute atomic E-state index is 12.2. The van der Waals surface area contributed by atoms with Crippen molar-refractivity contribution in [3.05, 3.63) is 0 Å². The van der Waals surface area contributed by atoms with E-state index in [1.54, 1.807) is 4.67 Å². The van der Waals surface area contributed by atoms with E-state index in [-0.39, 0.29) is 41.1 Å². The molecule has 1 unspecified atom stereocenters. The van der Waals surface area contributed by atoms with Crippen molar-refractivity contribution in [2.75, 3.05) is 49.5 Å². The molecule has 0 aromatic carbocycles. The van der Waals surface area contributed by atoms with Gasteiger partial charge < -0.3 is 9.08 Å².